The first-order valence-corrected chi connectivity index (χ1v) is 8.17. The van der Waals surface area contributed by atoms with Crippen LogP contribution in [0.2, 0.25) is 5.02 Å². The zero-order valence-electron chi connectivity index (χ0n) is 13.5. The lowest BCUT2D eigenvalue weighted by Gasteiger charge is -2.15. The summed E-state index contributed by atoms with van der Waals surface area (Å²) in [4.78, 5) is 37.5. The zero-order valence-corrected chi connectivity index (χ0v) is 15.0. The van der Waals surface area contributed by atoms with E-state index in [2.05, 4.69) is 10.1 Å². The Balaban J connectivity index is 1.87. The number of imide groups is 1. The maximum absolute atomic E-state index is 12.7. The Bertz CT molecular complexity index is 938. The fraction of sp³-hybridized carbons (Fsp3) is 0.0556. The molecule has 0 aromatic heterocycles. The van der Waals surface area contributed by atoms with Crippen molar-refractivity contribution in [3.63, 3.8) is 0 Å². The average Bonchev–Trinajstić information content (AvgIpc) is 2.85. The Morgan fingerprint density at radius 3 is 2.35 bits per heavy atom. The van der Waals surface area contributed by atoms with E-state index < -0.39 is 17.8 Å². The van der Waals surface area contributed by atoms with E-state index in [4.69, 9.17) is 23.2 Å². The van der Waals surface area contributed by atoms with Gasteiger partial charge in [-0.3, -0.25) is 9.59 Å². The van der Waals surface area contributed by atoms with E-state index in [1.54, 1.807) is 24.3 Å². The van der Waals surface area contributed by atoms with Gasteiger partial charge in [-0.15, -0.1) is 0 Å². The molecule has 132 valence electrons. The van der Waals surface area contributed by atoms with Gasteiger partial charge in [0.25, 0.3) is 11.8 Å². The fourth-order valence-electron chi connectivity index (χ4n) is 2.42. The number of ether oxygens (including phenoxy) is 1. The van der Waals surface area contributed by atoms with Crippen LogP contribution in [0.15, 0.2) is 59.3 Å². The molecule has 1 heterocycles. The van der Waals surface area contributed by atoms with Crippen molar-refractivity contribution < 1.29 is 19.1 Å². The number of amides is 2. The van der Waals surface area contributed by atoms with Crippen LogP contribution in [-0.2, 0) is 14.3 Å². The lowest BCUT2D eigenvalue weighted by Crippen LogP contribution is -2.32. The van der Waals surface area contributed by atoms with Gasteiger partial charge in [0.1, 0.15) is 10.7 Å². The summed E-state index contributed by atoms with van der Waals surface area (Å²) in [6.45, 7) is 0. The van der Waals surface area contributed by atoms with Gasteiger partial charge >= 0.3 is 5.97 Å². The van der Waals surface area contributed by atoms with Crippen LogP contribution in [0, 0.1) is 0 Å². The number of methoxy groups -OCH3 is 1. The molecular weight excluding hydrogens is 379 g/mol. The van der Waals surface area contributed by atoms with Gasteiger partial charge in [0.15, 0.2) is 0 Å². The van der Waals surface area contributed by atoms with E-state index in [1.807, 2.05) is 0 Å². The summed E-state index contributed by atoms with van der Waals surface area (Å²) in [6, 6.07) is 12.5. The number of nitrogens with one attached hydrogen (secondary N) is 1. The number of halogens is 2. The second kappa shape index (κ2) is 7.19. The molecule has 2 aromatic rings. The highest BCUT2D eigenvalue weighted by Crippen LogP contribution is 2.30. The molecular formula is C18H12Cl2N2O4. The number of anilines is 2. The van der Waals surface area contributed by atoms with Crippen molar-refractivity contribution in [2.75, 3.05) is 17.3 Å². The van der Waals surface area contributed by atoms with Crippen LogP contribution in [0.1, 0.15) is 10.4 Å². The molecule has 0 saturated carbocycles. The third-order valence-electron chi connectivity index (χ3n) is 3.67. The van der Waals surface area contributed by atoms with Gasteiger partial charge < -0.3 is 10.1 Å². The standard InChI is InChI=1S/C18H12Cl2N2O4/c1-26-18(25)10-5-7-13(8-6-10)22-16(23)14(20)15(17(22)24)21-12-4-2-3-11(19)9-12/h2-9,21H,1H3. The lowest BCUT2D eigenvalue weighted by atomic mass is 10.2. The van der Waals surface area contributed by atoms with Crippen molar-refractivity contribution in [3.8, 4) is 0 Å². The molecule has 0 spiro atoms. The number of nitrogens with zero attached hydrogens (tertiary/aromatic N) is 1. The molecule has 2 amide bonds. The van der Waals surface area contributed by atoms with Crippen LogP contribution in [0.25, 0.3) is 0 Å². The predicted octanol–water partition coefficient (Wildman–Crippen LogP) is 3.56. The molecule has 1 N–H and O–H groups in total. The quantitative estimate of drug-likeness (QED) is 0.637. The summed E-state index contributed by atoms with van der Waals surface area (Å²) in [6.07, 6.45) is 0. The number of hydrogen-bond acceptors (Lipinski definition) is 5. The number of esters is 1. The van der Waals surface area contributed by atoms with E-state index in [1.165, 1.54) is 31.4 Å². The number of carbonyl (C=O) groups is 3. The van der Waals surface area contributed by atoms with Crippen LogP contribution in [0.3, 0.4) is 0 Å². The number of hydrogen-bond donors (Lipinski definition) is 1. The summed E-state index contributed by atoms with van der Waals surface area (Å²) >= 11 is 12.0. The molecule has 0 atom stereocenters. The van der Waals surface area contributed by atoms with Crippen molar-refractivity contribution in [1.82, 2.24) is 0 Å². The summed E-state index contributed by atoms with van der Waals surface area (Å²) in [5, 5.41) is 3.07. The first-order chi connectivity index (χ1) is 12.4. The maximum atomic E-state index is 12.7. The molecule has 26 heavy (non-hydrogen) atoms. The van der Waals surface area contributed by atoms with Crippen molar-refractivity contribution >= 4 is 52.4 Å². The molecule has 0 fully saturated rings. The van der Waals surface area contributed by atoms with Crippen LogP contribution in [-0.4, -0.2) is 24.9 Å². The van der Waals surface area contributed by atoms with Gasteiger partial charge in [0, 0.05) is 10.7 Å². The van der Waals surface area contributed by atoms with Gasteiger partial charge in [-0.2, -0.15) is 0 Å². The first-order valence-electron chi connectivity index (χ1n) is 7.42. The monoisotopic (exact) mass is 390 g/mol. The average molecular weight is 391 g/mol. The minimum atomic E-state index is -0.660. The topological polar surface area (TPSA) is 75.7 Å². The zero-order chi connectivity index (χ0) is 18.8. The van der Waals surface area contributed by atoms with Gasteiger partial charge in [0.2, 0.25) is 0 Å². The molecule has 3 rings (SSSR count). The third kappa shape index (κ3) is 3.29. The van der Waals surface area contributed by atoms with Crippen molar-refractivity contribution in [2.24, 2.45) is 0 Å². The Kier molecular flexibility index (Phi) is 4.97. The summed E-state index contributed by atoms with van der Waals surface area (Å²) in [5.41, 5.74) is 1.06. The predicted molar refractivity (Wildman–Crippen MR) is 98.2 cm³/mol. The largest absolute Gasteiger partial charge is 0.465 e. The molecule has 0 aliphatic carbocycles. The van der Waals surface area contributed by atoms with E-state index in [0.29, 0.717) is 16.3 Å². The molecule has 1 aliphatic heterocycles. The first kappa shape index (κ1) is 18.0. The van der Waals surface area contributed by atoms with Crippen LogP contribution in [0.5, 0.6) is 0 Å². The minimum Gasteiger partial charge on any atom is -0.465 e. The second-order valence-electron chi connectivity index (χ2n) is 5.31. The SMILES string of the molecule is COC(=O)c1ccc(N2C(=O)C(Cl)=C(Nc3cccc(Cl)c3)C2=O)cc1. The minimum absolute atomic E-state index is 0.0454. The van der Waals surface area contributed by atoms with Gasteiger partial charge in [-0.1, -0.05) is 29.3 Å². The van der Waals surface area contributed by atoms with E-state index >= 15 is 0 Å². The van der Waals surface area contributed by atoms with Gasteiger partial charge in [-0.25, -0.2) is 9.69 Å². The van der Waals surface area contributed by atoms with E-state index in [-0.39, 0.29) is 16.4 Å². The highest BCUT2D eigenvalue weighted by Gasteiger charge is 2.39. The highest BCUT2D eigenvalue weighted by molar-refractivity contribution is 6.53. The Morgan fingerprint density at radius 2 is 1.73 bits per heavy atom. The third-order valence-corrected chi connectivity index (χ3v) is 4.25. The fourth-order valence-corrected chi connectivity index (χ4v) is 2.82. The van der Waals surface area contributed by atoms with Crippen molar-refractivity contribution in [3.05, 3.63) is 69.8 Å². The number of rotatable bonds is 4. The Morgan fingerprint density at radius 1 is 1.04 bits per heavy atom. The summed E-state index contributed by atoms with van der Waals surface area (Å²) in [7, 11) is 1.27. The van der Waals surface area contributed by atoms with E-state index in [9.17, 15) is 14.4 Å². The molecule has 0 unspecified atom stereocenters. The number of carbonyl (C=O) groups excluding carboxylic acids is 3. The number of benzene rings is 2. The molecule has 0 saturated heterocycles. The maximum Gasteiger partial charge on any atom is 0.337 e. The molecule has 6 nitrogen and oxygen atoms in total. The molecule has 8 heteroatoms. The molecule has 1 aliphatic rings. The van der Waals surface area contributed by atoms with Crippen LogP contribution >= 0.6 is 23.2 Å². The lowest BCUT2D eigenvalue weighted by molar-refractivity contribution is -0.120. The summed E-state index contributed by atoms with van der Waals surface area (Å²) in [5.74, 6) is -1.78. The molecule has 0 radical (unpaired) electrons. The smallest absolute Gasteiger partial charge is 0.337 e. The van der Waals surface area contributed by atoms with Crippen molar-refractivity contribution in [1.29, 1.82) is 0 Å². The summed E-state index contributed by atoms with van der Waals surface area (Å²) < 4.78 is 4.62. The van der Waals surface area contributed by atoms with Crippen LogP contribution in [0.4, 0.5) is 11.4 Å². The highest BCUT2D eigenvalue weighted by atomic mass is 35.5. The van der Waals surface area contributed by atoms with Crippen LogP contribution < -0.4 is 10.2 Å². The normalized spacial score (nSPS) is 14.0. The van der Waals surface area contributed by atoms with Crippen molar-refractivity contribution in [2.45, 2.75) is 0 Å². The van der Waals surface area contributed by atoms with E-state index in [0.717, 1.165) is 4.90 Å². The van der Waals surface area contributed by atoms with Gasteiger partial charge in [0.05, 0.1) is 18.4 Å². The second-order valence-corrected chi connectivity index (χ2v) is 6.12. The molecule has 2 aromatic carbocycles. The van der Waals surface area contributed by atoms with Gasteiger partial charge in [-0.05, 0) is 42.5 Å². The molecule has 0 bridgehead atoms. The Hall–Kier alpha value is -2.83. The Labute approximate surface area is 158 Å².